The van der Waals surface area contributed by atoms with Crippen molar-refractivity contribution in [3.05, 3.63) is 60.2 Å². The number of halogens is 3. The van der Waals surface area contributed by atoms with Gasteiger partial charge in [0.2, 0.25) is 5.92 Å². The Morgan fingerprint density at radius 2 is 1.91 bits per heavy atom. The van der Waals surface area contributed by atoms with Crippen molar-refractivity contribution in [3.63, 3.8) is 0 Å². The van der Waals surface area contributed by atoms with Gasteiger partial charge in [0.25, 0.3) is 5.91 Å². The van der Waals surface area contributed by atoms with Crippen molar-refractivity contribution in [1.29, 1.82) is 0 Å². The summed E-state index contributed by atoms with van der Waals surface area (Å²) in [6.45, 7) is 1.08. The number of piperidine rings is 1. The molecule has 1 aliphatic rings. The molecule has 2 aromatic carbocycles. The van der Waals surface area contributed by atoms with E-state index in [-0.39, 0.29) is 43.6 Å². The fourth-order valence-corrected chi connectivity index (χ4v) is 5.01. The van der Waals surface area contributed by atoms with E-state index in [1.54, 1.807) is 18.2 Å². The minimum atomic E-state index is -2.87. The summed E-state index contributed by atoms with van der Waals surface area (Å²) in [4.78, 5) is 23.0. The number of alkyl halides is 2. The highest BCUT2D eigenvalue weighted by Crippen LogP contribution is 2.32. The third-order valence-electron chi connectivity index (χ3n) is 6.08. The van der Waals surface area contributed by atoms with Crippen LogP contribution in [-0.2, 0) is 11.0 Å². The van der Waals surface area contributed by atoms with Gasteiger partial charge in [-0.15, -0.1) is 0 Å². The van der Waals surface area contributed by atoms with Gasteiger partial charge in [0.1, 0.15) is 11.3 Å². The fraction of sp³-hybridized carbons (Fsp3) is 0.375. The van der Waals surface area contributed by atoms with Crippen LogP contribution in [0.15, 0.2) is 53.7 Å². The van der Waals surface area contributed by atoms with Gasteiger partial charge in [-0.2, -0.15) is 0 Å². The van der Waals surface area contributed by atoms with Gasteiger partial charge in [-0.05, 0) is 56.5 Å². The number of nitrogens with one attached hydrogen (secondary N) is 1. The number of para-hydroxylation sites is 1. The number of fused-ring (bicyclic) bond motifs is 1. The summed E-state index contributed by atoms with van der Waals surface area (Å²) in [6, 6.07) is 8.91. The standard InChI is InChI=1S/C24H25F3N4O3S/c1-23(26,27)7-8-24(33)9-13-31(14-10-24)22(32)17-6-5-16(15-18(17)25)30-35(34)20-4-2-3-19-21(20)29-12-11-28-19/h2-6,11-12,15,30,33H,7-10,13-14H2,1H3. The zero-order valence-corrected chi connectivity index (χ0v) is 19.8. The lowest BCUT2D eigenvalue weighted by molar-refractivity contribution is -0.0571. The molecule has 0 radical (unpaired) electrons. The molecule has 0 spiro atoms. The van der Waals surface area contributed by atoms with Gasteiger partial charge in [-0.3, -0.25) is 14.8 Å². The number of nitrogens with zero attached hydrogens (tertiary/aromatic N) is 3. The minimum absolute atomic E-state index is 0.0628. The van der Waals surface area contributed by atoms with Gasteiger partial charge < -0.3 is 14.7 Å². The van der Waals surface area contributed by atoms with E-state index in [1.165, 1.54) is 29.4 Å². The number of hydrogen-bond donors (Lipinski definition) is 2. The molecule has 1 aliphatic heterocycles. The first kappa shape index (κ1) is 25.1. The fourth-order valence-electron chi connectivity index (χ4n) is 4.03. The van der Waals surface area contributed by atoms with Crippen molar-refractivity contribution in [1.82, 2.24) is 14.9 Å². The predicted molar refractivity (Wildman–Crippen MR) is 126 cm³/mol. The van der Waals surface area contributed by atoms with Crippen LogP contribution in [0.2, 0.25) is 0 Å². The van der Waals surface area contributed by atoms with Crippen molar-refractivity contribution in [3.8, 4) is 0 Å². The Hall–Kier alpha value is -3.05. The van der Waals surface area contributed by atoms with Crippen LogP contribution < -0.4 is 4.72 Å². The Balaban J connectivity index is 1.41. The molecule has 35 heavy (non-hydrogen) atoms. The van der Waals surface area contributed by atoms with Crippen LogP contribution in [-0.4, -0.2) is 54.7 Å². The Kier molecular flexibility index (Phi) is 7.09. The topological polar surface area (TPSA) is 95.4 Å². The number of likely N-dealkylation sites (tertiary alicyclic amines) is 1. The molecule has 2 N–H and O–H groups in total. The summed E-state index contributed by atoms with van der Waals surface area (Å²) in [5, 5.41) is 10.5. The molecule has 0 saturated carbocycles. The second-order valence-electron chi connectivity index (χ2n) is 8.83. The average molecular weight is 507 g/mol. The SMILES string of the molecule is CC(F)(F)CCC1(O)CCN(C(=O)c2ccc(NS(=O)c3cccc4nccnc34)cc2F)CC1. The van der Waals surface area contributed by atoms with Crippen LogP contribution in [0.4, 0.5) is 18.9 Å². The first-order valence-electron chi connectivity index (χ1n) is 11.1. The van der Waals surface area contributed by atoms with Crippen LogP contribution in [0.25, 0.3) is 11.0 Å². The lowest BCUT2D eigenvalue weighted by atomic mass is 9.86. The second-order valence-corrected chi connectivity index (χ2v) is 10.0. The molecule has 1 amide bonds. The van der Waals surface area contributed by atoms with Gasteiger partial charge in [0.05, 0.1) is 21.6 Å². The van der Waals surface area contributed by atoms with Crippen LogP contribution in [0.3, 0.4) is 0 Å². The number of carbonyl (C=O) groups is 1. The molecule has 186 valence electrons. The van der Waals surface area contributed by atoms with E-state index >= 15 is 0 Å². The zero-order chi connectivity index (χ0) is 25.2. The molecule has 1 aromatic heterocycles. The van der Waals surface area contributed by atoms with Crippen LogP contribution in [0.5, 0.6) is 0 Å². The molecule has 1 atom stereocenters. The number of aliphatic hydroxyl groups is 1. The Labute approximate surface area is 203 Å². The van der Waals surface area contributed by atoms with E-state index in [4.69, 9.17) is 0 Å². The monoisotopic (exact) mass is 506 g/mol. The van der Waals surface area contributed by atoms with E-state index in [9.17, 15) is 27.3 Å². The van der Waals surface area contributed by atoms with Gasteiger partial charge in [-0.1, -0.05) is 6.07 Å². The van der Waals surface area contributed by atoms with Gasteiger partial charge in [-0.25, -0.2) is 17.4 Å². The minimum Gasteiger partial charge on any atom is -0.390 e. The molecule has 1 unspecified atom stereocenters. The maximum absolute atomic E-state index is 14.8. The lowest BCUT2D eigenvalue weighted by Crippen LogP contribution is -2.47. The second kappa shape index (κ2) is 9.90. The number of benzene rings is 2. The quantitative estimate of drug-likeness (QED) is 0.498. The maximum Gasteiger partial charge on any atom is 0.256 e. The zero-order valence-electron chi connectivity index (χ0n) is 19.0. The molecule has 11 heteroatoms. The largest absolute Gasteiger partial charge is 0.390 e. The van der Waals surface area contributed by atoms with Crippen molar-refractivity contribution < 1.29 is 27.3 Å². The third-order valence-corrected chi connectivity index (χ3v) is 7.23. The van der Waals surface area contributed by atoms with Gasteiger partial charge in [0.15, 0.2) is 11.0 Å². The molecule has 1 fully saturated rings. The molecular weight excluding hydrogens is 481 g/mol. The molecule has 0 bridgehead atoms. The van der Waals surface area contributed by atoms with E-state index in [0.29, 0.717) is 15.9 Å². The first-order valence-corrected chi connectivity index (χ1v) is 12.3. The van der Waals surface area contributed by atoms with Crippen molar-refractivity contribution >= 4 is 33.6 Å². The normalized spacial score (nSPS) is 16.8. The molecule has 2 heterocycles. The highest BCUT2D eigenvalue weighted by molar-refractivity contribution is 7.86. The van der Waals surface area contributed by atoms with Crippen molar-refractivity contribution in [2.24, 2.45) is 0 Å². The Morgan fingerprint density at radius 3 is 2.60 bits per heavy atom. The molecular formula is C24H25F3N4O3S. The summed E-state index contributed by atoms with van der Waals surface area (Å²) in [5.41, 5.74) is -0.182. The van der Waals surface area contributed by atoms with Crippen molar-refractivity contribution in [2.45, 2.75) is 49.0 Å². The highest BCUT2D eigenvalue weighted by atomic mass is 32.2. The van der Waals surface area contributed by atoms with Crippen LogP contribution in [0, 0.1) is 5.82 Å². The van der Waals surface area contributed by atoms with Crippen LogP contribution in [0.1, 0.15) is 43.0 Å². The first-order chi connectivity index (χ1) is 16.5. The number of amides is 1. The predicted octanol–water partition coefficient (Wildman–Crippen LogP) is 4.31. The number of aromatic nitrogens is 2. The number of rotatable bonds is 7. The molecule has 1 saturated heterocycles. The Morgan fingerprint density at radius 1 is 1.20 bits per heavy atom. The summed E-state index contributed by atoms with van der Waals surface area (Å²) < 4.78 is 56.7. The highest BCUT2D eigenvalue weighted by Gasteiger charge is 2.37. The van der Waals surface area contributed by atoms with Crippen molar-refractivity contribution in [2.75, 3.05) is 17.8 Å². The Bertz CT molecular complexity index is 1250. The smallest absolute Gasteiger partial charge is 0.256 e. The summed E-state index contributed by atoms with van der Waals surface area (Å²) in [6.07, 6.45) is 2.80. The third kappa shape index (κ3) is 5.96. The number of carbonyl (C=O) groups excluding carboxylic acids is 1. The maximum atomic E-state index is 14.8. The lowest BCUT2D eigenvalue weighted by Gasteiger charge is -2.38. The molecule has 7 nitrogen and oxygen atoms in total. The molecule has 3 aromatic rings. The van der Waals surface area contributed by atoms with E-state index in [0.717, 1.165) is 13.0 Å². The number of hydrogen-bond acceptors (Lipinski definition) is 5. The van der Waals surface area contributed by atoms with Gasteiger partial charge >= 0.3 is 0 Å². The van der Waals surface area contributed by atoms with Crippen LogP contribution >= 0.6 is 0 Å². The summed E-state index contributed by atoms with van der Waals surface area (Å²) in [7, 11) is -1.75. The summed E-state index contributed by atoms with van der Waals surface area (Å²) in [5.74, 6) is -4.21. The molecule has 0 aliphatic carbocycles. The number of anilines is 1. The summed E-state index contributed by atoms with van der Waals surface area (Å²) >= 11 is 0. The van der Waals surface area contributed by atoms with Gasteiger partial charge in [0, 0.05) is 37.6 Å². The van der Waals surface area contributed by atoms with E-state index in [1.807, 2.05) is 0 Å². The van der Waals surface area contributed by atoms with E-state index < -0.39 is 40.7 Å². The average Bonchev–Trinajstić information content (AvgIpc) is 2.82. The molecule has 4 rings (SSSR count). The van der Waals surface area contributed by atoms with E-state index in [2.05, 4.69) is 14.7 Å².